The Bertz CT molecular complexity index is 1880. The van der Waals surface area contributed by atoms with Gasteiger partial charge in [0.15, 0.2) is 23.3 Å². The molecule has 10 N–H and O–H groups in total. The van der Waals surface area contributed by atoms with Crippen LogP contribution in [0.25, 0.3) is 42.2 Å². The van der Waals surface area contributed by atoms with E-state index < -0.39 is 0 Å². The molecule has 5 rings (SSSR count). The van der Waals surface area contributed by atoms with Crippen LogP contribution >= 0.6 is 94.1 Å². The molecule has 0 fully saturated rings. The van der Waals surface area contributed by atoms with Crippen molar-refractivity contribution in [3.8, 4) is 0 Å². The Morgan fingerprint density at radius 3 is 0.750 bits per heavy atom. The van der Waals surface area contributed by atoms with Gasteiger partial charge in [-0.1, -0.05) is 0 Å². The highest BCUT2D eigenvalue weighted by Gasteiger charge is 2.29. The molecule has 0 atom stereocenters. The molecule has 5 heterocycles. The largest absolute Gasteiger partial charge is 0.396 e. The highest BCUT2D eigenvalue weighted by molar-refractivity contribution is 8.14. The molecule has 2 aliphatic rings. The lowest BCUT2D eigenvalue weighted by Gasteiger charge is -2.07. The van der Waals surface area contributed by atoms with Gasteiger partial charge in [0.05, 0.1) is 92.1 Å². The first-order valence-corrected chi connectivity index (χ1v) is 25.0. The number of aromatic amines is 2. The molecule has 0 unspecified atom stereocenters. The van der Waals surface area contributed by atoms with Crippen LogP contribution in [0.3, 0.4) is 0 Å². The number of aliphatic hydroxyl groups excluding tert-OH is 8. The molecule has 24 heteroatoms. The van der Waals surface area contributed by atoms with Crippen molar-refractivity contribution in [3.63, 3.8) is 0 Å². The van der Waals surface area contributed by atoms with Crippen LogP contribution in [-0.4, -0.2) is 180 Å². The molecule has 0 spiro atoms. The Hall–Kier alpha value is -1.20. The van der Waals surface area contributed by atoms with Crippen LogP contribution < -0.4 is 0 Å². The maximum Gasteiger partial charge on any atom is 0.171 e. The van der Waals surface area contributed by atoms with E-state index in [1.165, 1.54) is 94.1 Å². The van der Waals surface area contributed by atoms with Gasteiger partial charge in [-0.3, -0.25) is 0 Å². The van der Waals surface area contributed by atoms with E-state index in [9.17, 15) is 40.9 Å². The number of nitrogens with one attached hydrogen (secondary N) is 2. The summed E-state index contributed by atoms with van der Waals surface area (Å²) in [6, 6.07) is 0. The van der Waals surface area contributed by atoms with Crippen molar-refractivity contribution in [2.24, 2.45) is 0 Å². The summed E-state index contributed by atoms with van der Waals surface area (Å²) in [6.07, 6.45) is 0. The smallest absolute Gasteiger partial charge is 0.171 e. The van der Waals surface area contributed by atoms with Crippen molar-refractivity contribution >= 4 is 136 Å². The summed E-state index contributed by atoms with van der Waals surface area (Å²) < 4.78 is 0. The summed E-state index contributed by atoms with van der Waals surface area (Å²) in [7, 11) is 0. The Kier molecular flexibility index (Phi) is 19.8. The number of aliphatic hydroxyl groups is 8. The first kappa shape index (κ1) is 45.9. The summed E-state index contributed by atoms with van der Waals surface area (Å²) in [5.41, 5.74) is 1.63. The highest BCUT2D eigenvalue weighted by atomic mass is 32.2. The average molecular weight is 923 g/mol. The second kappa shape index (κ2) is 24.2. The fourth-order valence-electron chi connectivity index (χ4n) is 4.97. The zero-order valence-electron chi connectivity index (χ0n) is 29.8. The topological polar surface area (TPSA) is 271 Å². The molecule has 3 aromatic heterocycles. The number of hydrogen-bond acceptors (Lipinski definition) is 22. The Balaban J connectivity index is 2.01. The van der Waals surface area contributed by atoms with Gasteiger partial charge in [0.1, 0.15) is 22.6 Å². The molecule has 56 heavy (non-hydrogen) atoms. The Morgan fingerprint density at radius 1 is 0.286 bits per heavy atom. The molecule has 0 saturated carbocycles. The number of thioether (sulfide) groups is 8. The number of fused-ring (bicyclic) bond motifs is 8. The SMILES string of the molecule is OCCSC1=C(SCCO)c2nc1nc1nc(nc3[nH]c(nc4[nH]c(n2)c(SCCO)c4SCCO)c(SCCO)c3SCCO)C(SCCO)=C1SCCO. The molecular formula is C32H42N8O8S8. The van der Waals surface area contributed by atoms with Crippen LogP contribution in [0.5, 0.6) is 0 Å². The van der Waals surface area contributed by atoms with Gasteiger partial charge in [0.2, 0.25) is 0 Å². The second-order valence-corrected chi connectivity index (χ2v) is 19.7. The predicted molar refractivity (Wildman–Crippen MR) is 235 cm³/mol. The minimum atomic E-state index is -0.120. The fourth-order valence-corrected chi connectivity index (χ4v) is 12.4. The molecular weight excluding hydrogens is 881 g/mol. The van der Waals surface area contributed by atoms with Crippen molar-refractivity contribution in [2.45, 2.75) is 19.6 Å². The highest BCUT2D eigenvalue weighted by Crippen LogP contribution is 2.47. The van der Waals surface area contributed by atoms with Gasteiger partial charge in [-0.05, 0) is 0 Å². The lowest BCUT2D eigenvalue weighted by Crippen LogP contribution is -1.94. The van der Waals surface area contributed by atoms with Crippen LogP contribution in [0.4, 0.5) is 0 Å². The summed E-state index contributed by atoms with van der Waals surface area (Å²) in [5.74, 6) is 3.82. The van der Waals surface area contributed by atoms with Crippen LogP contribution in [0.2, 0.25) is 0 Å². The second-order valence-electron chi connectivity index (χ2n) is 10.8. The van der Waals surface area contributed by atoms with Gasteiger partial charge in [0, 0.05) is 46.0 Å². The summed E-state index contributed by atoms with van der Waals surface area (Å²) in [5, 5.41) is 79.0. The van der Waals surface area contributed by atoms with E-state index in [1.54, 1.807) is 0 Å². The van der Waals surface area contributed by atoms with E-state index in [0.29, 0.717) is 119 Å². The third-order valence-electron chi connectivity index (χ3n) is 6.97. The van der Waals surface area contributed by atoms with Crippen molar-refractivity contribution < 1.29 is 40.9 Å². The summed E-state index contributed by atoms with van der Waals surface area (Å²) in [4.78, 5) is 42.0. The predicted octanol–water partition coefficient (Wildman–Crippen LogP) is 2.79. The summed E-state index contributed by atoms with van der Waals surface area (Å²) >= 11 is 10.8. The minimum absolute atomic E-state index is 0.108. The van der Waals surface area contributed by atoms with Gasteiger partial charge in [-0.15, -0.1) is 94.1 Å². The van der Waals surface area contributed by atoms with E-state index in [-0.39, 0.29) is 64.5 Å². The maximum absolute atomic E-state index is 9.88. The van der Waals surface area contributed by atoms with Crippen LogP contribution in [0, 0.1) is 0 Å². The van der Waals surface area contributed by atoms with Crippen molar-refractivity contribution in [1.29, 1.82) is 0 Å². The third-order valence-corrected chi connectivity index (χ3v) is 16.0. The molecule has 8 bridgehead atoms. The zero-order chi connectivity index (χ0) is 39.9. The summed E-state index contributed by atoms with van der Waals surface area (Å²) in [6.45, 7) is -0.911. The minimum Gasteiger partial charge on any atom is -0.396 e. The zero-order valence-corrected chi connectivity index (χ0v) is 36.4. The lowest BCUT2D eigenvalue weighted by molar-refractivity contribution is 0.322. The number of H-pyrrole nitrogens is 2. The third kappa shape index (κ3) is 11.5. The van der Waals surface area contributed by atoms with Gasteiger partial charge < -0.3 is 50.8 Å². The van der Waals surface area contributed by atoms with Crippen molar-refractivity contribution in [3.05, 3.63) is 23.3 Å². The quantitative estimate of drug-likeness (QED) is 0.0579. The lowest BCUT2D eigenvalue weighted by atomic mass is 10.4. The standard InChI is InChI=1S/C32H42N8O8S8/c41-1-9-49-17-18(50-10-2-42)26-33-25(17)37-27-19(51-11-3-43)20(52-12-4-44)29(34-27)39-31-23(55-15-7-47)24(56-16-8-48)32(36-31)40-30-22(54-14-6-46)21(53-13-5-45)28(35-30)38-26/h41-48H,1-16H2,(H2,33,34,35,36,37,38,39,40). The molecule has 0 saturated heterocycles. The number of hydrogen-bond donors (Lipinski definition) is 10. The molecule has 16 nitrogen and oxygen atoms in total. The van der Waals surface area contributed by atoms with E-state index in [4.69, 9.17) is 29.9 Å². The first-order chi connectivity index (χ1) is 27.5. The van der Waals surface area contributed by atoms with E-state index in [1.807, 2.05) is 0 Å². The van der Waals surface area contributed by atoms with E-state index >= 15 is 0 Å². The fraction of sp³-hybridized carbons (Fsp3) is 0.500. The molecule has 0 aromatic carbocycles. The van der Waals surface area contributed by atoms with Gasteiger partial charge >= 0.3 is 0 Å². The van der Waals surface area contributed by atoms with Crippen molar-refractivity contribution in [2.75, 3.05) is 98.9 Å². The molecule has 2 aliphatic heterocycles. The average Bonchev–Trinajstić information content (AvgIpc) is 3.90. The van der Waals surface area contributed by atoms with Gasteiger partial charge in [-0.2, -0.15) is 0 Å². The van der Waals surface area contributed by atoms with Crippen molar-refractivity contribution in [1.82, 2.24) is 39.9 Å². The normalized spacial score (nSPS) is 13.1. The first-order valence-electron chi connectivity index (χ1n) is 17.2. The monoisotopic (exact) mass is 922 g/mol. The Labute approximate surface area is 356 Å². The Morgan fingerprint density at radius 2 is 0.500 bits per heavy atom. The van der Waals surface area contributed by atoms with Gasteiger partial charge in [0.25, 0.3) is 0 Å². The van der Waals surface area contributed by atoms with Crippen LogP contribution in [0.15, 0.2) is 19.6 Å². The van der Waals surface area contributed by atoms with Crippen LogP contribution in [-0.2, 0) is 0 Å². The maximum atomic E-state index is 9.88. The molecule has 0 amide bonds. The molecule has 0 aliphatic carbocycles. The number of aromatic nitrogens is 8. The molecule has 306 valence electrons. The van der Waals surface area contributed by atoms with E-state index in [2.05, 4.69) is 9.97 Å². The molecule has 3 aromatic rings. The van der Waals surface area contributed by atoms with Gasteiger partial charge in [-0.25, -0.2) is 29.9 Å². The van der Waals surface area contributed by atoms with E-state index in [0.717, 1.165) is 0 Å². The molecule has 0 radical (unpaired) electrons. The number of nitrogens with zero attached hydrogens (tertiary/aromatic N) is 6. The number of rotatable bonds is 24. The van der Waals surface area contributed by atoms with Crippen LogP contribution in [0.1, 0.15) is 23.3 Å².